The van der Waals surface area contributed by atoms with Crippen molar-refractivity contribution in [2.75, 3.05) is 54.4 Å². The number of hydrogen-bond donors (Lipinski definition) is 1. The second-order valence-corrected chi connectivity index (χ2v) is 9.82. The molecule has 1 amide bonds. The number of rotatable bonds is 5. The van der Waals surface area contributed by atoms with Crippen LogP contribution in [0.15, 0.2) is 41.6 Å². The second kappa shape index (κ2) is 9.19. The van der Waals surface area contributed by atoms with Crippen LogP contribution in [0, 0.1) is 0 Å². The Bertz CT molecular complexity index is 1010. The van der Waals surface area contributed by atoms with Gasteiger partial charge in [-0.25, -0.2) is 18.4 Å². The van der Waals surface area contributed by atoms with E-state index in [1.807, 2.05) is 6.07 Å². The second-order valence-electron chi connectivity index (χ2n) is 7.88. The SMILES string of the molecule is CC(=O)Nc1ccc(S(=O)(=O)N2CCN(c3cc(N4CCCCC4)ncn3)CC2)cc1. The lowest BCUT2D eigenvalue weighted by Gasteiger charge is -2.35. The number of piperidine rings is 1. The average Bonchev–Trinajstić information content (AvgIpc) is 2.80. The molecule has 0 atom stereocenters. The first-order chi connectivity index (χ1) is 14.9. The summed E-state index contributed by atoms with van der Waals surface area (Å²) in [5.74, 6) is 1.59. The Morgan fingerprint density at radius 2 is 1.45 bits per heavy atom. The van der Waals surface area contributed by atoms with Gasteiger partial charge in [-0.2, -0.15) is 4.31 Å². The number of hydrogen-bond acceptors (Lipinski definition) is 7. The highest BCUT2D eigenvalue weighted by Crippen LogP contribution is 2.24. The van der Waals surface area contributed by atoms with Crippen molar-refractivity contribution >= 4 is 33.3 Å². The van der Waals surface area contributed by atoms with E-state index in [0.29, 0.717) is 31.9 Å². The van der Waals surface area contributed by atoms with E-state index in [4.69, 9.17) is 0 Å². The van der Waals surface area contributed by atoms with Crippen LogP contribution in [0.25, 0.3) is 0 Å². The molecule has 10 heteroatoms. The monoisotopic (exact) mass is 444 g/mol. The quantitative estimate of drug-likeness (QED) is 0.752. The minimum absolute atomic E-state index is 0.195. The van der Waals surface area contributed by atoms with Crippen molar-refractivity contribution in [3.8, 4) is 0 Å². The van der Waals surface area contributed by atoms with Crippen LogP contribution in [0.1, 0.15) is 26.2 Å². The molecule has 1 aromatic heterocycles. The normalized spacial score (nSPS) is 18.1. The molecule has 1 N–H and O–H groups in total. The van der Waals surface area contributed by atoms with Crippen molar-refractivity contribution in [2.24, 2.45) is 0 Å². The Labute approximate surface area is 183 Å². The molecule has 0 unspecified atom stereocenters. The minimum atomic E-state index is -3.59. The molecule has 0 aliphatic carbocycles. The molecule has 2 aromatic rings. The van der Waals surface area contributed by atoms with Gasteiger partial charge in [-0.1, -0.05) is 0 Å². The van der Waals surface area contributed by atoms with Crippen LogP contribution >= 0.6 is 0 Å². The molecule has 2 aliphatic heterocycles. The number of carbonyl (C=O) groups excluding carboxylic acids is 1. The molecule has 0 saturated carbocycles. The van der Waals surface area contributed by atoms with Crippen molar-refractivity contribution in [3.05, 3.63) is 36.7 Å². The van der Waals surface area contributed by atoms with E-state index in [0.717, 1.165) is 24.7 Å². The third kappa shape index (κ3) is 4.96. The van der Waals surface area contributed by atoms with E-state index in [-0.39, 0.29) is 10.8 Å². The summed E-state index contributed by atoms with van der Waals surface area (Å²) >= 11 is 0. The molecule has 2 aliphatic rings. The van der Waals surface area contributed by atoms with Crippen LogP contribution in [0.3, 0.4) is 0 Å². The zero-order valence-electron chi connectivity index (χ0n) is 17.7. The summed E-state index contributed by atoms with van der Waals surface area (Å²) in [6.45, 7) is 5.36. The summed E-state index contributed by atoms with van der Waals surface area (Å²) in [6, 6.07) is 8.28. The lowest BCUT2D eigenvalue weighted by molar-refractivity contribution is -0.114. The van der Waals surface area contributed by atoms with Crippen LogP contribution < -0.4 is 15.1 Å². The smallest absolute Gasteiger partial charge is 0.243 e. The highest BCUT2D eigenvalue weighted by atomic mass is 32.2. The third-order valence-electron chi connectivity index (χ3n) is 5.69. The van der Waals surface area contributed by atoms with E-state index >= 15 is 0 Å². The van der Waals surface area contributed by atoms with Crippen LogP contribution in [-0.2, 0) is 14.8 Å². The summed E-state index contributed by atoms with van der Waals surface area (Å²) in [6.07, 6.45) is 5.23. The van der Waals surface area contributed by atoms with E-state index in [1.54, 1.807) is 18.5 Å². The summed E-state index contributed by atoms with van der Waals surface area (Å²) in [5, 5.41) is 2.65. The van der Waals surface area contributed by atoms with Gasteiger partial charge in [-0.15, -0.1) is 0 Å². The molecule has 31 heavy (non-hydrogen) atoms. The molecule has 2 saturated heterocycles. The van der Waals surface area contributed by atoms with Gasteiger partial charge in [0.05, 0.1) is 4.90 Å². The van der Waals surface area contributed by atoms with Crippen molar-refractivity contribution in [1.29, 1.82) is 0 Å². The fourth-order valence-corrected chi connectivity index (χ4v) is 5.45. The molecule has 1 aromatic carbocycles. The maximum Gasteiger partial charge on any atom is 0.243 e. The Hall–Kier alpha value is -2.72. The fourth-order valence-electron chi connectivity index (χ4n) is 4.03. The Balaban J connectivity index is 1.40. The summed E-state index contributed by atoms with van der Waals surface area (Å²) in [4.78, 5) is 24.6. The predicted octanol–water partition coefficient (Wildman–Crippen LogP) is 1.94. The van der Waals surface area contributed by atoms with Crippen molar-refractivity contribution in [2.45, 2.75) is 31.1 Å². The number of sulfonamides is 1. The van der Waals surface area contributed by atoms with Crippen LogP contribution in [0.2, 0.25) is 0 Å². The lowest BCUT2D eigenvalue weighted by Crippen LogP contribution is -2.49. The third-order valence-corrected chi connectivity index (χ3v) is 7.61. The Morgan fingerprint density at radius 1 is 0.871 bits per heavy atom. The number of aromatic nitrogens is 2. The van der Waals surface area contributed by atoms with Gasteiger partial charge in [-0.3, -0.25) is 4.79 Å². The molecule has 2 fully saturated rings. The summed E-state index contributed by atoms with van der Waals surface area (Å²) < 4.78 is 27.5. The van der Waals surface area contributed by atoms with Gasteiger partial charge in [0.25, 0.3) is 0 Å². The van der Waals surface area contributed by atoms with Crippen LogP contribution in [0.4, 0.5) is 17.3 Å². The maximum absolute atomic E-state index is 13.0. The van der Waals surface area contributed by atoms with Crippen LogP contribution in [0.5, 0.6) is 0 Å². The molecule has 166 valence electrons. The largest absolute Gasteiger partial charge is 0.356 e. The zero-order chi connectivity index (χ0) is 21.8. The van der Waals surface area contributed by atoms with E-state index in [9.17, 15) is 13.2 Å². The standard InChI is InChI=1S/C21H28N6O3S/c1-17(28)24-18-5-7-19(8-6-18)31(29,30)27-13-11-26(12-14-27)21-15-20(22-16-23-21)25-9-3-2-4-10-25/h5-8,15-16H,2-4,9-14H2,1H3,(H,24,28). The number of piperazine rings is 1. The van der Waals surface area contributed by atoms with Gasteiger partial charge >= 0.3 is 0 Å². The molecular weight excluding hydrogens is 416 g/mol. The number of nitrogens with zero attached hydrogens (tertiary/aromatic N) is 5. The van der Waals surface area contributed by atoms with Crippen LogP contribution in [-0.4, -0.2) is 67.9 Å². The van der Waals surface area contributed by atoms with Crippen molar-refractivity contribution < 1.29 is 13.2 Å². The first-order valence-electron chi connectivity index (χ1n) is 10.6. The molecular formula is C21H28N6O3S. The molecule has 9 nitrogen and oxygen atoms in total. The highest BCUT2D eigenvalue weighted by Gasteiger charge is 2.29. The highest BCUT2D eigenvalue weighted by molar-refractivity contribution is 7.89. The average molecular weight is 445 g/mol. The van der Waals surface area contributed by atoms with Gasteiger partial charge in [0.1, 0.15) is 18.0 Å². The number of nitrogens with one attached hydrogen (secondary N) is 1. The number of benzene rings is 1. The molecule has 0 bridgehead atoms. The first kappa shape index (κ1) is 21.5. The number of amides is 1. The maximum atomic E-state index is 13.0. The van der Waals surface area contributed by atoms with E-state index in [1.165, 1.54) is 42.6 Å². The van der Waals surface area contributed by atoms with Gasteiger partial charge < -0.3 is 15.1 Å². The predicted molar refractivity (Wildman–Crippen MR) is 120 cm³/mol. The zero-order valence-corrected chi connectivity index (χ0v) is 18.5. The van der Waals surface area contributed by atoms with E-state index < -0.39 is 10.0 Å². The first-order valence-corrected chi connectivity index (χ1v) is 12.1. The lowest BCUT2D eigenvalue weighted by atomic mass is 10.1. The number of carbonyl (C=O) groups is 1. The summed E-state index contributed by atoms with van der Waals surface area (Å²) in [7, 11) is -3.59. The molecule has 0 spiro atoms. The van der Waals surface area contributed by atoms with Gasteiger partial charge in [-0.05, 0) is 43.5 Å². The van der Waals surface area contributed by atoms with Gasteiger partial charge in [0.2, 0.25) is 15.9 Å². The summed E-state index contributed by atoms with van der Waals surface area (Å²) in [5.41, 5.74) is 0.574. The van der Waals surface area contributed by atoms with E-state index in [2.05, 4.69) is 25.1 Å². The molecule has 0 radical (unpaired) electrons. The molecule has 4 rings (SSSR count). The number of anilines is 3. The van der Waals surface area contributed by atoms with Gasteiger partial charge in [0.15, 0.2) is 0 Å². The van der Waals surface area contributed by atoms with Crippen molar-refractivity contribution in [1.82, 2.24) is 14.3 Å². The fraction of sp³-hybridized carbons (Fsp3) is 0.476. The van der Waals surface area contributed by atoms with Gasteiger partial charge in [0, 0.05) is 57.9 Å². The van der Waals surface area contributed by atoms with Crippen molar-refractivity contribution in [3.63, 3.8) is 0 Å². The Kier molecular flexibility index (Phi) is 6.38. The topological polar surface area (TPSA) is 98.7 Å². The Morgan fingerprint density at radius 3 is 2.03 bits per heavy atom. The minimum Gasteiger partial charge on any atom is -0.356 e. The molecule has 3 heterocycles.